The Kier molecular flexibility index (Phi) is 4.69. The van der Waals surface area contributed by atoms with Crippen LogP contribution in [0.15, 0.2) is 18.2 Å². The number of halogens is 2. The number of hydrogen-bond donors (Lipinski definition) is 2. The van der Waals surface area contributed by atoms with Crippen LogP contribution in [0.5, 0.6) is 0 Å². The Morgan fingerprint density at radius 3 is 2.67 bits per heavy atom. The molecule has 1 atom stereocenters. The fourth-order valence-corrected chi connectivity index (χ4v) is 2.22. The highest BCUT2D eigenvalue weighted by Crippen LogP contribution is 2.20. The van der Waals surface area contributed by atoms with Crippen LogP contribution in [0.3, 0.4) is 0 Å². The van der Waals surface area contributed by atoms with Crippen molar-refractivity contribution in [2.24, 2.45) is 0 Å². The molecule has 0 spiro atoms. The van der Waals surface area contributed by atoms with Crippen LogP contribution in [0.1, 0.15) is 23.9 Å². The van der Waals surface area contributed by atoms with Crippen molar-refractivity contribution in [2.75, 3.05) is 6.54 Å². The van der Waals surface area contributed by atoms with Gasteiger partial charge in [-0.3, -0.25) is 0 Å². The Labute approximate surface area is 122 Å². The third-order valence-corrected chi connectivity index (χ3v) is 3.32. The Balaban J connectivity index is 2.30. The summed E-state index contributed by atoms with van der Waals surface area (Å²) in [6, 6.07) is 3.43. The van der Waals surface area contributed by atoms with Gasteiger partial charge in [-0.25, -0.2) is 13.5 Å². The average Bonchev–Trinajstić information content (AvgIpc) is 2.66. The van der Waals surface area contributed by atoms with E-state index < -0.39 is 17.7 Å². The molecule has 21 heavy (non-hydrogen) atoms. The predicted molar refractivity (Wildman–Crippen MR) is 76.3 cm³/mol. The number of hydrogen-bond acceptors (Lipinski definition) is 3. The molecule has 0 amide bonds. The van der Waals surface area contributed by atoms with E-state index >= 15 is 0 Å². The zero-order valence-electron chi connectivity index (χ0n) is 12.3. The van der Waals surface area contributed by atoms with Gasteiger partial charge in [-0.15, -0.1) is 0 Å². The van der Waals surface area contributed by atoms with Gasteiger partial charge in [-0.2, -0.15) is 5.10 Å². The van der Waals surface area contributed by atoms with Gasteiger partial charge in [0.15, 0.2) is 5.82 Å². The highest BCUT2D eigenvalue weighted by molar-refractivity contribution is 5.38. The van der Waals surface area contributed by atoms with Gasteiger partial charge in [0.1, 0.15) is 11.5 Å². The van der Waals surface area contributed by atoms with Crippen molar-refractivity contribution in [2.45, 2.75) is 33.4 Å². The van der Waals surface area contributed by atoms with Crippen LogP contribution >= 0.6 is 0 Å². The van der Waals surface area contributed by atoms with Crippen molar-refractivity contribution in [3.05, 3.63) is 46.8 Å². The molecule has 114 valence electrons. The number of nitrogens with zero attached hydrogens (tertiary/aromatic N) is 2. The molecule has 0 aliphatic carbocycles. The topological polar surface area (TPSA) is 50.1 Å². The van der Waals surface area contributed by atoms with E-state index in [9.17, 15) is 13.9 Å². The minimum atomic E-state index is -0.649. The first-order valence-corrected chi connectivity index (χ1v) is 6.79. The van der Waals surface area contributed by atoms with Crippen molar-refractivity contribution < 1.29 is 13.9 Å². The zero-order valence-corrected chi connectivity index (χ0v) is 12.3. The summed E-state index contributed by atoms with van der Waals surface area (Å²) < 4.78 is 28.3. The van der Waals surface area contributed by atoms with Crippen molar-refractivity contribution in [1.82, 2.24) is 15.1 Å². The number of aliphatic hydroxyl groups is 1. The number of aliphatic hydroxyl groups excluding tert-OH is 1. The van der Waals surface area contributed by atoms with Gasteiger partial charge in [0.2, 0.25) is 0 Å². The molecule has 6 heteroatoms. The molecule has 4 nitrogen and oxygen atoms in total. The molecule has 0 aliphatic heterocycles. The minimum Gasteiger partial charge on any atom is -0.392 e. The molecule has 0 fully saturated rings. The lowest BCUT2D eigenvalue weighted by Gasteiger charge is -2.08. The average molecular weight is 295 g/mol. The van der Waals surface area contributed by atoms with Crippen molar-refractivity contribution >= 4 is 0 Å². The molecule has 1 unspecified atom stereocenters. The Morgan fingerprint density at radius 2 is 2.05 bits per heavy atom. The lowest BCUT2D eigenvalue weighted by Crippen LogP contribution is -2.24. The minimum absolute atomic E-state index is 0.221. The highest BCUT2D eigenvalue weighted by atomic mass is 19.1. The molecule has 0 saturated heterocycles. The van der Waals surface area contributed by atoms with Crippen LogP contribution in [0.2, 0.25) is 0 Å². The van der Waals surface area contributed by atoms with Gasteiger partial charge in [-0.1, -0.05) is 0 Å². The third kappa shape index (κ3) is 3.46. The van der Waals surface area contributed by atoms with Crippen LogP contribution in [0, 0.1) is 25.5 Å². The molecule has 2 rings (SSSR count). The lowest BCUT2D eigenvalue weighted by atomic mass is 10.2. The van der Waals surface area contributed by atoms with E-state index in [4.69, 9.17) is 0 Å². The summed E-state index contributed by atoms with van der Waals surface area (Å²) in [6.45, 7) is 6.37. The molecular formula is C15H19F2N3O. The smallest absolute Gasteiger partial charge is 0.151 e. The summed E-state index contributed by atoms with van der Waals surface area (Å²) in [4.78, 5) is 0. The van der Waals surface area contributed by atoms with Crippen molar-refractivity contribution in [1.29, 1.82) is 0 Å². The number of aromatic nitrogens is 2. The summed E-state index contributed by atoms with van der Waals surface area (Å²) >= 11 is 0. The Morgan fingerprint density at radius 1 is 1.33 bits per heavy atom. The van der Waals surface area contributed by atoms with E-state index in [0.717, 1.165) is 23.0 Å². The summed E-state index contributed by atoms with van der Waals surface area (Å²) in [6.07, 6.45) is -0.435. The standard InChI is InChI=1S/C15H19F2N3O/c1-9(21)7-18-8-13-10(2)19-20(11(13)3)15-5-4-12(16)6-14(15)17/h4-6,9,18,21H,7-8H2,1-3H3. The van der Waals surface area contributed by atoms with E-state index in [-0.39, 0.29) is 5.69 Å². The monoisotopic (exact) mass is 295 g/mol. The zero-order chi connectivity index (χ0) is 15.6. The van der Waals surface area contributed by atoms with Crippen LogP contribution < -0.4 is 5.32 Å². The number of rotatable bonds is 5. The van der Waals surface area contributed by atoms with E-state index in [2.05, 4.69) is 10.4 Å². The third-order valence-electron chi connectivity index (χ3n) is 3.32. The first-order valence-electron chi connectivity index (χ1n) is 6.79. The quantitative estimate of drug-likeness (QED) is 0.889. The number of nitrogens with one attached hydrogen (secondary N) is 1. The van der Waals surface area contributed by atoms with Gasteiger partial charge < -0.3 is 10.4 Å². The van der Waals surface area contributed by atoms with Crippen LogP contribution in [-0.2, 0) is 6.54 Å². The van der Waals surface area contributed by atoms with E-state index in [1.54, 1.807) is 6.92 Å². The SMILES string of the molecule is Cc1nn(-c2ccc(F)cc2F)c(C)c1CNCC(C)O. The normalized spacial score (nSPS) is 12.7. The van der Waals surface area contributed by atoms with Crippen LogP contribution in [0.25, 0.3) is 5.69 Å². The lowest BCUT2D eigenvalue weighted by molar-refractivity contribution is 0.191. The van der Waals surface area contributed by atoms with Gasteiger partial charge in [0, 0.05) is 30.4 Å². The van der Waals surface area contributed by atoms with Crippen LogP contribution in [0.4, 0.5) is 8.78 Å². The van der Waals surface area contributed by atoms with Crippen LogP contribution in [-0.4, -0.2) is 27.5 Å². The van der Waals surface area contributed by atoms with E-state index in [0.29, 0.717) is 13.1 Å². The molecular weight excluding hydrogens is 276 g/mol. The second-order valence-corrected chi connectivity index (χ2v) is 5.14. The molecule has 1 heterocycles. The van der Waals surface area contributed by atoms with Gasteiger partial charge in [0.25, 0.3) is 0 Å². The fourth-order valence-electron chi connectivity index (χ4n) is 2.22. The van der Waals surface area contributed by atoms with Gasteiger partial charge in [0.05, 0.1) is 11.8 Å². The van der Waals surface area contributed by atoms with E-state index in [1.165, 1.54) is 16.8 Å². The first-order chi connectivity index (χ1) is 9.90. The summed E-state index contributed by atoms with van der Waals surface area (Å²) in [5, 5.41) is 16.7. The summed E-state index contributed by atoms with van der Waals surface area (Å²) in [5.41, 5.74) is 2.73. The number of benzene rings is 1. The maximum absolute atomic E-state index is 13.9. The van der Waals surface area contributed by atoms with Crippen molar-refractivity contribution in [3.8, 4) is 5.69 Å². The second kappa shape index (κ2) is 6.32. The molecule has 2 N–H and O–H groups in total. The second-order valence-electron chi connectivity index (χ2n) is 5.14. The van der Waals surface area contributed by atoms with Crippen molar-refractivity contribution in [3.63, 3.8) is 0 Å². The highest BCUT2D eigenvalue weighted by Gasteiger charge is 2.15. The maximum Gasteiger partial charge on any atom is 0.151 e. The predicted octanol–water partition coefficient (Wildman–Crippen LogP) is 2.24. The molecule has 0 saturated carbocycles. The van der Waals surface area contributed by atoms with E-state index in [1.807, 2.05) is 13.8 Å². The molecule has 0 aliphatic rings. The van der Waals surface area contributed by atoms with Gasteiger partial charge in [-0.05, 0) is 32.9 Å². The Hall–Kier alpha value is -1.79. The maximum atomic E-state index is 13.9. The molecule has 1 aromatic heterocycles. The summed E-state index contributed by atoms with van der Waals surface area (Å²) in [7, 11) is 0. The number of aryl methyl sites for hydroxylation is 1. The fraction of sp³-hybridized carbons (Fsp3) is 0.400. The largest absolute Gasteiger partial charge is 0.392 e. The molecule has 0 bridgehead atoms. The molecule has 1 aromatic carbocycles. The Bertz CT molecular complexity index is 638. The summed E-state index contributed by atoms with van der Waals surface area (Å²) in [5.74, 6) is -1.26. The first kappa shape index (κ1) is 15.6. The molecule has 2 aromatic rings. The van der Waals surface area contributed by atoms with Gasteiger partial charge >= 0.3 is 0 Å². The molecule has 0 radical (unpaired) electrons.